The van der Waals surface area contributed by atoms with Crippen LogP contribution in [0, 0.1) is 6.92 Å². The molecule has 0 bridgehead atoms. The number of pyridine rings is 1. The van der Waals surface area contributed by atoms with Crippen molar-refractivity contribution in [1.29, 1.82) is 0 Å². The van der Waals surface area contributed by atoms with Gasteiger partial charge in [-0.3, -0.25) is 4.40 Å². The zero-order chi connectivity index (χ0) is 17.5. The van der Waals surface area contributed by atoms with Gasteiger partial charge in [-0.25, -0.2) is 19.9 Å². The summed E-state index contributed by atoms with van der Waals surface area (Å²) in [6, 6.07) is 3.94. The minimum Gasteiger partial charge on any atom is -0.352 e. The highest BCUT2D eigenvalue weighted by Gasteiger charge is 2.23. The molecular weight excluding hydrogens is 330 g/mol. The van der Waals surface area contributed by atoms with Crippen molar-refractivity contribution in [1.82, 2.24) is 34.5 Å². The van der Waals surface area contributed by atoms with E-state index >= 15 is 0 Å². The van der Waals surface area contributed by atoms with Crippen molar-refractivity contribution >= 4 is 28.3 Å². The molecule has 1 fully saturated rings. The average Bonchev–Trinajstić information content (AvgIpc) is 3.09. The molecule has 5 heterocycles. The molecule has 0 unspecified atom stereocenters. The monoisotopic (exact) mass is 347 g/mol. The normalized spacial score (nSPS) is 15.1. The van der Waals surface area contributed by atoms with E-state index in [1.165, 1.54) is 0 Å². The largest absolute Gasteiger partial charge is 0.352 e. The molecule has 9 heteroatoms. The third kappa shape index (κ3) is 2.32. The highest BCUT2D eigenvalue weighted by atomic mass is 15.3. The molecule has 130 valence electrons. The number of piperazine rings is 1. The van der Waals surface area contributed by atoms with Crippen LogP contribution in [0.1, 0.15) is 5.82 Å². The first kappa shape index (κ1) is 14.9. The van der Waals surface area contributed by atoms with Crippen LogP contribution in [0.4, 0.5) is 11.6 Å². The van der Waals surface area contributed by atoms with Gasteiger partial charge in [0.1, 0.15) is 18.0 Å². The number of nitrogens with zero attached hydrogens (tertiary/aromatic N) is 9. The molecule has 1 aliphatic heterocycles. The highest BCUT2D eigenvalue weighted by molar-refractivity contribution is 5.86. The zero-order valence-electron chi connectivity index (χ0n) is 14.3. The maximum Gasteiger partial charge on any atom is 0.203 e. The van der Waals surface area contributed by atoms with Gasteiger partial charge < -0.3 is 9.80 Å². The molecule has 0 saturated carbocycles. The molecule has 0 radical (unpaired) electrons. The number of fused-ring (bicyclic) bond motifs is 2. The SMILES string of the molecule is Cc1nnc2c(N3CCN(c4ncnc5ncccc45)CC3)nccn12. The summed E-state index contributed by atoms with van der Waals surface area (Å²) < 4.78 is 1.97. The van der Waals surface area contributed by atoms with Crippen molar-refractivity contribution in [2.75, 3.05) is 36.0 Å². The van der Waals surface area contributed by atoms with E-state index < -0.39 is 0 Å². The van der Waals surface area contributed by atoms with Crippen molar-refractivity contribution in [3.8, 4) is 0 Å². The number of rotatable bonds is 2. The van der Waals surface area contributed by atoms with Crippen LogP contribution in [0.2, 0.25) is 0 Å². The van der Waals surface area contributed by atoms with E-state index in [1.807, 2.05) is 29.7 Å². The summed E-state index contributed by atoms with van der Waals surface area (Å²) in [7, 11) is 0. The highest BCUT2D eigenvalue weighted by Crippen LogP contribution is 2.24. The lowest BCUT2D eigenvalue weighted by Gasteiger charge is -2.36. The Balaban J connectivity index is 1.42. The molecule has 0 spiro atoms. The molecular formula is C17H17N9. The third-order valence-corrected chi connectivity index (χ3v) is 4.75. The fourth-order valence-electron chi connectivity index (χ4n) is 3.42. The minimum absolute atomic E-state index is 0.727. The summed E-state index contributed by atoms with van der Waals surface area (Å²) in [5, 5.41) is 9.42. The maximum atomic E-state index is 4.54. The molecule has 0 aromatic carbocycles. The van der Waals surface area contributed by atoms with Crippen molar-refractivity contribution < 1.29 is 0 Å². The van der Waals surface area contributed by atoms with Crippen LogP contribution in [-0.4, -0.2) is 60.7 Å². The molecule has 0 N–H and O–H groups in total. The fraction of sp³-hybridized carbons (Fsp3) is 0.294. The van der Waals surface area contributed by atoms with Gasteiger partial charge in [-0.1, -0.05) is 0 Å². The first-order valence-electron chi connectivity index (χ1n) is 8.53. The summed E-state index contributed by atoms with van der Waals surface area (Å²) in [6.45, 7) is 5.30. The first-order chi connectivity index (χ1) is 12.8. The lowest BCUT2D eigenvalue weighted by atomic mass is 10.2. The average molecular weight is 347 g/mol. The van der Waals surface area contributed by atoms with Gasteiger partial charge in [-0.15, -0.1) is 10.2 Å². The summed E-state index contributed by atoms with van der Waals surface area (Å²) in [5.41, 5.74) is 1.53. The van der Waals surface area contributed by atoms with Crippen LogP contribution in [-0.2, 0) is 0 Å². The van der Waals surface area contributed by atoms with Crippen LogP contribution in [0.5, 0.6) is 0 Å². The van der Waals surface area contributed by atoms with Gasteiger partial charge in [0.15, 0.2) is 11.5 Å². The number of hydrogen-bond donors (Lipinski definition) is 0. The van der Waals surface area contributed by atoms with Crippen LogP contribution in [0.25, 0.3) is 16.7 Å². The van der Waals surface area contributed by atoms with Gasteiger partial charge in [-0.05, 0) is 19.1 Å². The van der Waals surface area contributed by atoms with Crippen molar-refractivity contribution in [2.24, 2.45) is 0 Å². The van der Waals surface area contributed by atoms with Gasteiger partial charge in [0.05, 0.1) is 5.39 Å². The molecule has 5 rings (SSSR count). The number of anilines is 2. The fourth-order valence-corrected chi connectivity index (χ4v) is 3.42. The Morgan fingerprint density at radius 1 is 0.846 bits per heavy atom. The van der Waals surface area contributed by atoms with E-state index in [2.05, 4.69) is 39.9 Å². The maximum absolute atomic E-state index is 4.54. The second-order valence-electron chi connectivity index (χ2n) is 6.24. The molecule has 0 atom stereocenters. The van der Waals surface area contributed by atoms with Crippen LogP contribution < -0.4 is 9.80 Å². The van der Waals surface area contributed by atoms with E-state index in [4.69, 9.17) is 0 Å². The van der Waals surface area contributed by atoms with Gasteiger partial charge in [-0.2, -0.15) is 0 Å². The molecule has 4 aromatic heterocycles. The minimum atomic E-state index is 0.727. The third-order valence-electron chi connectivity index (χ3n) is 4.75. The second kappa shape index (κ2) is 5.87. The van der Waals surface area contributed by atoms with Gasteiger partial charge >= 0.3 is 0 Å². The molecule has 9 nitrogen and oxygen atoms in total. The lowest BCUT2D eigenvalue weighted by Crippen LogP contribution is -2.47. The van der Waals surface area contributed by atoms with E-state index in [-0.39, 0.29) is 0 Å². The summed E-state index contributed by atoms with van der Waals surface area (Å²) in [4.78, 5) is 22.1. The predicted octanol–water partition coefficient (Wildman–Crippen LogP) is 1.10. The smallest absolute Gasteiger partial charge is 0.203 e. The summed E-state index contributed by atoms with van der Waals surface area (Å²) >= 11 is 0. The number of hydrogen-bond acceptors (Lipinski definition) is 8. The van der Waals surface area contributed by atoms with Crippen molar-refractivity contribution in [2.45, 2.75) is 6.92 Å². The van der Waals surface area contributed by atoms with E-state index in [9.17, 15) is 0 Å². The Morgan fingerprint density at radius 2 is 1.65 bits per heavy atom. The Kier molecular flexibility index (Phi) is 3.37. The Labute approximate surface area is 149 Å². The van der Waals surface area contributed by atoms with Gasteiger partial charge in [0, 0.05) is 44.8 Å². The Morgan fingerprint density at radius 3 is 2.50 bits per heavy atom. The van der Waals surface area contributed by atoms with Crippen LogP contribution in [0.15, 0.2) is 37.1 Å². The Bertz CT molecular complexity index is 1080. The molecule has 1 aliphatic rings. The van der Waals surface area contributed by atoms with E-state index in [1.54, 1.807) is 18.7 Å². The topological polar surface area (TPSA) is 88.2 Å². The van der Waals surface area contributed by atoms with Crippen molar-refractivity contribution in [3.05, 3.63) is 42.9 Å². The summed E-state index contributed by atoms with van der Waals surface area (Å²) in [6.07, 6.45) is 7.03. The van der Waals surface area contributed by atoms with Gasteiger partial charge in [0.25, 0.3) is 0 Å². The molecule has 1 saturated heterocycles. The lowest BCUT2D eigenvalue weighted by molar-refractivity contribution is 0.643. The quantitative estimate of drug-likeness (QED) is 0.533. The standard InChI is InChI=1S/C17H17N9/c1-12-22-23-17-16(19-5-6-26(12)17)25-9-7-24(8-10-25)15-13-3-2-4-18-14(13)20-11-21-15/h2-6,11H,7-10H2,1H3. The summed E-state index contributed by atoms with van der Waals surface area (Å²) in [5.74, 6) is 2.68. The van der Waals surface area contributed by atoms with Crippen LogP contribution >= 0.6 is 0 Å². The van der Waals surface area contributed by atoms with E-state index in [0.29, 0.717) is 0 Å². The van der Waals surface area contributed by atoms with Crippen LogP contribution in [0.3, 0.4) is 0 Å². The molecule has 0 aliphatic carbocycles. The van der Waals surface area contributed by atoms with E-state index in [0.717, 1.165) is 60.3 Å². The predicted molar refractivity (Wildman–Crippen MR) is 97.3 cm³/mol. The Hall–Kier alpha value is -3.36. The van der Waals surface area contributed by atoms with Crippen molar-refractivity contribution in [3.63, 3.8) is 0 Å². The molecule has 4 aromatic rings. The number of aryl methyl sites for hydroxylation is 1. The molecule has 0 amide bonds. The van der Waals surface area contributed by atoms with Gasteiger partial charge in [0.2, 0.25) is 5.65 Å². The molecule has 26 heavy (non-hydrogen) atoms. The second-order valence-corrected chi connectivity index (χ2v) is 6.24. The number of aromatic nitrogens is 7. The first-order valence-corrected chi connectivity index (χ1v) is 8.53. The zero-order valence-corrected chi connectivity index (χ0v) is 14.3.